The normalized spacial score (nSPS) is 12.2. The number of hydrogen-bond acceptors (Lipinski definition) is 1. The van der Waals surface area contributed by atoms with Crippen LogP contribution < -0.4 is 0 Å². The molecule has 0 fully saturated rings. The van der Waals surface area contributed by atoms with Gasteiger partial charge in [-0.25, -0.2) is 0 Å². The van der Waals surface area contributed by atoms with E-state index in [-0.39, 0.29) is 6.10 Å². The predicted molar refractivity (Wildman–Crippen MR) is 64.7 cm³/mol. The minimum Gasteiger partial charge on any atom is -0.388 e. The zero-order valence-corrected chi connectivity index (χ0v) is 9.61. The Labute approximate surface area is 92.5 Å². The highest BCUT2D eigenvalue weighted by Gasteiger charge is 2.04. The van der Waals surface area contributed by atoms with Crippen LogP contribution in [-0.2, 0) is 0 Å². The van der Waals surface area contributed by atoms with Gasteiger partial charge in [0.05, 0.1) is 6.10 Å². The standard InChI is InChI=1S/C14H20O/c1-12(2)8-6-7-11-14(15)13-9-4-3-5-10-13/h3-5,8-10,14-15H,6-7,11H2,1-2H3. The van der Waals surface area contributed by atoms with Gasteiger partial charge in [-0.1, -0.05) is 42.0 Å². The first-order valence-corrected chi connectivity index (χ1v) is 5.56. The molecule has 0 heterocycles. The van der Waals surface area contributed by atoms with Crippen LogP contribution in [0, 0.1) is 0 Å². The Morgan fingerprint density at radius 3 is 2.53 bits per heavy atom. The summed E-state index contributed by atoms with van der Waals surface area (Å²) >= 11 is 0. The SMILES string of the molecule is CC(C)=CCCCC(O)c1ccccc1. The molecule has 0 spiro atoms. The van der Waals surface area contributed by atoms with E-state index < -0.39 is 0 Å². The molecule has 0 aromatic heterocycles. The number of unbranched alkanes of at least 4 members (excludes halogenated alkanes) is 1. The lowest BCUT2D eigenvalue weighted by atomic mass is 10.0. The topological polar surface area (TPSA) is 20.2 Å². The van der Waals surface area contributed by atoms with Gasteiger partial charge in [-0.15, -0.1) is 0 Å². The minimum atomic E-state index is -0.309. The molecule has 1 unspecified atom stereocenters. The van der Waals surface area contributed by atoms with Gasteiger partial charge < -0.3 is 5.11 Å². The molecule has 1 nitrogen and oxygen atoms in total. The van der Waals surface area contributed by atoms with E-state index in [9.17, 15) is 5.11 Å². The molecule has 1 heteroatoms. The molecule has 0 aliphatic rings. The first kappa shape index (κ1) is 12.0. The van der Waals surface area contributed by atoms with Crippen molar-refractivity contribution < 1.29 is 5.11 Å². The summed E-state index contributed by atoms with van der Waals surface area (Å²) in [4.78, 5) is 0. The van der Waals surface area contributed by atoms with Crippen molar-refractivity contribution in [3.8, 4) is 0 Å². The summed E-state index contributed by atoms with van der Waals surface area (Å²) in [5.41, 5.74) is 2.37. The third kappa shape index (κ3) is 4.80. The van der Waals surface area contributed by atoms with Crippen LogP contribution in [-0.4, -0.2) is 5.11 Å². The van der Waals surface area contributed by atoms with Crippen LogP contribution in [0.5, 0.6) is 0 Å². The minimum absolute atomic E-state index is 0.309. The van der Waals surface area contributed by atoms with Gasteiger partial charge in [-0.3, -0.25) is 0 Å². The summed E-state index contributed by atoms with van der Waals surface area (Å²) in [5.74, 6) is 0. The highest BCUT2D eigenvalue weighted by Crippen LogP contribution is 2.18. The van der Waals surface area contributed by atoms with E-state index >= 15 is 0 Å². The van der Waals surface area contributed by atoms with Gasteiger partial charge in [0, 0.05) is 0 Å². The first-order chi connectivity index (χ1) is 7.20. The van der Waals surface area contributed by atoms with Crippen LogP contribution in [0.15, 0.2) is 42.0 Å². The summed E-state index contributed by atoms with van der Waals surface area (Å²) in [6.07, 6.45) is 4.86. The quantitative estimate of drug-likeness (QED) is 0.570. The number of aliphatic hydroxyl groups excluding tert-OH is 1. The van der Waals surface area contributed by atoms with Gasteiger partial charge in [0.25, 0.3) is 0 Å². The predicted octanol–water partition coefficient (Wildman–Crippen LogP) is 3.86. The molecule has 0 bridgehead atoms. The average Bonchev–Trinajstić information content (AvgIpc) is 2.25. The van der Waals surface area contributed by atoms with E-state index in [0.29, 0.717) is 0 Å². The second-order valence-electron chi connectivity index (χ2n) is 4.14. The van der Waals surface area contributed by atoms with E-state index in [2.05, 4.69) is 19.9 Å². The van der Waals surface area contributed by atoms with Crippen molar-refractivity contribution >= 4 is 0 Å². The lowest BCUT2D eigenvalue weighted by Crippen LogP contribution is -1.96. The number of hydrogen-bond donors (Lipinski definition) is 1. The van der Waals surface area contributed by atoms with Gasteiger partial charge in [-0.2, -0.15) is 0 Å². The molecule has 1 aromatic carbocycles. The third-order valence-corrected chi connectivity index (χ3v) is 2.42. The summed E-state index contributed by atoms with van der Waals surface area (Å²) in [5, 5.41) is 9.87. The lowest BCUT2D eigenvalue weighted by Gasteiger charge is -2.09. The molecule has 1 N–H and O–H groups in total. The van der Waals surface area contributed by atoms with Gasteiger partial charge >= 0.3 is 0 Å². The highest BCUT2D eigenvalue weighted by molar-refractivity contribution is 5.17. The molecule has 1 rings (SSSR count). The van der Waals surface area contributed by atoms with Crippen molar-refractivity contribution in [2.24, 2.45) is 0 Å². The Morgan fingerprint density at radius 2 is 1.93 bits per heavy atom. The first-order valence-electron chi connectivity index (χ1n) is 5.56. The summed E-state index contributed by atoms with van der Waals surface area (Å²) in [7, 11) is 0. The summed E-state index contributed by atoms with van der Waals surface area (Å²) in [6, 6.07) is 9.86. The van der Waals surface area contributed by atoms with Crippen molar-refractivity contribution in [3.05, 3.63) is 47.5 Å². The van der Waals surface area contributed by atoms with Crippen LogP contribution in [0.4, 0.5) is 0 Å². The maximum atomic E-state index is 9.87. The van der Waals surface area contributed by atoms with Crippen LogP contribution >= 0.6 is 0 Å². The molecule has 0 saturated heterocycles. The average molecular weight is 204 g/mol. The Hall–Kier alpha value is -1.08. The fourth-order valence-corrected chi connectivity index (χ4v) is 1.54. The maximum Gasteiger partial charge on any atom is 0.0790 e. The lowest BCUT2D eigenvalue weighted by molar-refractivity contribution is 0.165. The molecule has 1 aromatic rings. The Bertz CT molecular complexity index is 296. The van der Waals surface area contributed by atoms with E-state index in [1.54, 1.807) is 0 Å². The zero-order chi connectivity index (χ0) is 11.1. The Morgan fingerprint density at radius 1 is 1.27 bits per heavy atom. The van der Waals surface area contributed by atoms with Crippen molar-refractivity contribution in [1.82, 2.24) is 0 Å². The molecule has 0 amide bonds. The monoisotopic (exact) mass is 204 g/mol. The maximum absolute atomic E-state index is 9.87. The molecule has 0 aliphatic carbocycles. The molecular formula is C14H20O. The van der Waals surface area contributed by atoms with Crippen molar-refractivity contribution in [1.29, 1.82) is 0 Å². The van der Waals surface area contributed by atoms with Crippen molar-refractivity contribution in [2.45, 2.75) is 39.2 Å². The van der Waals surface area contributed by atoms with Crippen LogP contribution in [0.25, 0.3) is 0 Å². The molecule has 0 saturated carbocycles. The van der Waals surface area contributed by atoms with Gasteiger partial charge in [0.15, 0.2) is 0 Å². The number of benzene rings is 1. The molecule has 1 atom stereocenters. The number of aliphatic hydroxyl groups is 1. The van der Waals surface area contributed by atoms with E-state index in [1.165, 1.54) is 5.57 Å². The molecular weight excluding hydrogens is 184 g/mol. The smallest absolute Gasteiger partial charge is 0.0790 e. The molecule has 0 radical (unpaired) electrons. The largest absolute Gasteiger partial charge is 0.388 e. The van der Waals surface area contributed by atoms with Crippen LogP contribution in [0.1, 0.15) is 44.8 Å². The number of rotatable bonds is 5. The van der Waals surface area contributed by atoms with Crippen LogP contribution in [0.3, 0.4) is 0 Å². The zero-order valence-electron chi connectivity index (χ0n) is 9.61. The van der Waals surface area contributed by atoms with Gasteiger partial charge in [0.1, 0.15) is 0 Å². The Balaban J connectivity index is 2.31. The summed E-state index contributed by atoms with van der Waals surface area (Å²) < 4.78 is 0. The van der Waals surface area contributed by atoms with Gasteiger partial charge in [-0.05, 0) is 38.7 Å². The van der Waals surface area contributed by atoms with E-state index in [4.69, 9.17) is 0 Å². The number of allylic oxidation sites excluding steroid dienone is 2. The Kier molecular flexibility index (Phi) is 5.13. The molecule has 82 valence electrons. The fraction of sp³-hybridized carbons (Fsp3) is 0.429. The highest BCUT2D eigenvalue weighted by atomic mass is 16.3. The van der Waals surface area contributed by atoms with E-state index in [1.807, 2.05) is 30.3 Å². The van der Waals surface area contributed by atoms with Crippen molar-refractivity contribution in [2.75, 3.05) is 0 Å². The summed E-state index contributed by atoms with van der Waals surface area (Å²) in [6.45, 7) is 4.21. The van der Waals surface area contributed by atoms with Crippen molar-refractivity contribution in [3.63, 3.8) is 0 Å². The molecule has 15 heavy (non-hydrogen) atoms. The second-order valence-corrected chi connectivity index (χ2v) is 4.14. The molecule has 0 aliphatic heterocycles. The third-order valence-electron chi connectivity index (χ3n) is 2.42. The van der Waals surface area contributed by atoms with E-state index in [0.717, 1.165) is 24.8 Å². The fourth-order valence-electron chi connectivity index (χ4n) is 1.54. The second kappa shape index (κ2) is 6.41. The van der Waals surface area contributed by atoms with Gasteiger partial charge in [0.2, 0.25) is 0 Å². The van der Waals surface area contributed by atoms with Crippen LogP contribution in [0.2, 0.25) is 0 Å².